The van der Waals surface area contributed by atoms with Crippen LogP contribution in [0.3, 0.4) is 0 Å². The number of fused-ring (bicyclic) bond motifs is 1. The molecule has 2 aromatic carbocycles. The minimum Gasteiger partial charge on any atom is -0.508 e. The maximum absolute atomic E-state index is 13.0. The van der Waals surface area contributed by atoms with E-state index >= 15 is 0 Å². The standard InChI is InChI=1S/C30H41N3O3/c1-3-4-20-32(2)29(35)16-12-7-5-6-8-13-19-31-30(36)27-23-33(22-24-14-10-9-11-15-24)28-18-17-25(34)21-26(27)28/h9-11,14-15,17-18,21,23,34H,3-8,12-13,16,19-20,22H2,1-2H3,(H,31,36). The van der Waals surface area contributed by atoms with Crippen LogP contribution in [0.4, 0.5) is 0 Å². The molecular formula is C30H41N3O3. The van der Waals surface area contributed by atoms with Crippen molar-refractivity contribution < 1.29 is 14.7 Å². The van der Waals surface area contributed by atoms with E-state index in [9.17, 15) is 14.7 Å². The van der Waals surface area contributed by atoms with Crippen molar-refractivity contribution in [3.05, 3.63) is 65.9 Å². The molecule has 0 aliphatic carbocycles. The number of carbonyl (C=O) groups is 2. The number of nitrogens with zero attached hydrogens (tertiary/aromatic N) is 2. The molecule has 0 aliphatic heterocycles. The van der Waals surface area contributed by atoms with Gasteiger partial charge in [-0.05, 0) is 43.0 Å². The molecule has 3 rings (SSSR count). The average molecular weight is 492 g/mol. The van der Waals surface area contributed by atoms with Crippen LogP contribution in [0.15, 0.2) is 54.7 Å². The summed E-state index contributed by atoms with van der Waals surface area (Å²) in [5.41, 5.74) is 2.67. The monoisotopic (exact) mass is 491 g/mol. The van der Waals surface area contributed by atoms with Gasteiger partial charge in [0.05, 0.1) is 5.56 Å². The molecule has 0 saturated heterocycles. The van der Waals surface area contributed by atoms with Crippen molar-refractivity contribution in [2.75, 3.05) is 20.1 Å². The summed E-state index contributed by atoms with van der Waals surface area (Å²) in [5, 5.41) is 13.8. The van der Waals surface area contributed by atoms with E-state index in [0.717, 1.165) is 74.4 Å². The smallest absolute Gasteiger partial charge is 0.253 e. The van der Waals surface area contributed by atoms with Gasteiger partial charge >= 0.3 is 0 Å². The van der Waals surface area contributed by atoms with Crippen molar-refractivity contribution in [3.8, 4) is 5.75 Å². The maximum atomic E-state index is 13.0. The van der Waals surface area contributed by atoms with Gasteiger partial charge in [0.25, 0.3) is 5.91 Å². The third kappa shape index (κ3) is 8.14. The Hall–Kier alpha value is -3.28. The molecule has 1 aromatic heterocycles. The normalized spacial score (nSPS) is 11.1. The molecule has 0 fully saturated rings. The Morgan fingerprint density at radius 1 is 0.944 bits per heavy atom. The molecule has 194 valence electrons. The van der Waals surface area contributed by atoms with Gasteiger partial charge in [-0.3, -0.25) is 9.59 Å². The largest absolute Gasteiger partial charge is 0.508 e. The highest BCUT2D eigenvalue weighted by molar-refractivity contribution is 6.07. The first kappa shape index (κ1) is 27.3. The molecule has 0 radical (unpaired) electrons. The second-order valence-electron chi connectivity index (χ2n) is 9.65. The highest BCUT2D eigenvalue weighted by atomic mass is 16.3. The van der Waals surface area contributed by atoms with Gasteiger partial charge in [0.1, 0.15) is 5.75 Å². The SMILES string of the molecule is CCCCN(C)C(=O)CCCCCCCCNC(=O)c1cn(Cc2ccccc2)c2ccc(O)cc12. The second-order valence-corrected chi connectivity index (χ2v) is 9.65. The lowest BCUT2D eigenvalue weighted by molar-refractivity contribution is -0.130. The molecule has 0 saturated carbocycles. The van der Waals surface area contributed by atoms with E-state index in [0.29, 0.717) is 25.1 Å². The molecule has 3 aromatic rings. The van der Waals surface area contributed by atoms with Crippen molar-refractivity contribution in [2.24, 2.45) is 0 Å². The summed E-state index contributed by atoms with van der Waals surface area (Å²) in [5.74, 6) is 0.302. The van der Waals surface area contributed by atoms with Crippen LogP contribution in [0.2, 0.25) is 0 Å². The van der Waals surface area contributed by atoms with E-state index in [2.05, 4.69) is 28.9 Å². The van der Waals surface area contributed by atoms with Gasteiger partial charge in [0.15, 0.2) is 0 Å². The fourth-order valence-corrected chi connectivity index (χ4v) is 4.49. The van der Waals surface area contributed by atoms with Crippen LogP contribution in [0.5, 0.6) is 5.75 Å². The van der Waals surface area contributed by atoms with E-state index in [1.165, 1.54) is 0 Å². The van der Waals surface area contributed by atoms with Crippen LogP contribution in [0.1, 0.15) is 80.6 Å². The molecule has 0 bridgehead atoms. The van der Waals surface area contributed by atoms with Gasteiger partial charge < -0.3 is 19.9 Å². The fourth-order valence-electron chi connectivity index (χ4n) is 4.49. The summed E-state index contributed by atoms with van der Waals surface area (Å²) in [7, 11) is 1.90. The summed E-state index contributed by atoms with van der Waals surface area (Å²) in [6.07, 6.45) is 10.9. The van der Waals surface area contributed by atoms with Gasteiger partial charge in [-0.25, -0.2) is 0 Å². The number of aromatic nitrogens is 1. The highest BCUT2D eigenvalue weighted by Crippen LogP contribution is 2.26. The van der Waals surface area contributed by atoms with E-state index < -0.39 is 0 Å². The first-order valence-electron chi connectivity index (χ1n) is 13.4. The van der Waals surface area contributed by atoms with Gasteiger partial charge in [-0.15, -0.1) is 0 Å². The number of unbranched alkanes of at least 4 members (excludes halogenated alkanes) is 6. The number of hydrogen-bond donors (Lipinski definition) is 2. The third-order valence-corrected chi connectivity index (χ3v) is 6.68. The molecule has 0 unspecified atom stereocenters. The molecular weight excluding hydrogens is 450 g/mol. The summed E-state index contributed by atoms with van der Waals surface area (Å²) >= 11 is 0. The Kier molecular flexibility index (Phi) is 10.9. The Morgan fingerprint density at radius 2 is 1.67 bits per heavy atom. The lowest BCUT2D eigenvalue weighted by Crippen LogP contribution is -2.27. The average Bonchev–Trinajstić information content (AvgIpc) is 3.23. The van der Waals surface area contributed by atoms with Crippen LogP contribution in [-0.4, -0.2) is 46.5 Å². The van der Waals surface area contributed by atoms with Gasteiger partial charge in [-0.2, -0.15) is 0 Å². The van der Waals surface area contributed by atoms with Gasteiger partial charge in [0, 0.05) is 50.2 Å². The molecule has 6 nitrogen and oxygen atoms in total. The van der Waals surface area contributed by atoms with Gasteiger partial charge in [-0.1, -0.05) is 69.4 Å². The Balaban J connectivity index is 1.40. The zero-order chi connectivity index (χ0) is 25.8. The number of amides is 2. The second kappa shape index (κ2) is 14.3. The summed E-state index contributed by atoms with van der Waals surface area (Å²) in [4.78, 5) is 26.9. The van der Waals surface area contributed by atoms with E-state index in [-0.39, 0.29) is 17.6 Å². The molecule has 2 amide bonds. The van der Waals surface area contributed by atoms with E-state index in [1.54, 1.807) is 12.1 Å². The Bertz CT molecular complexity index is 1110. The summed E-state index contributed by atoms with van der Waals surface area (Å²) in [6.45, 7) is 4.29. The van der Waals surface area contributed by atoms with Crippen LogP contribution in [-0.2, 0) is 11.3 Å². The molecule has 0 atom stereocenters. The molecule has 0 aliphatic rings. The quantitative estimate of drug-likeness (QED) is 0.252. The molecule has 6 heteroatoms. The number of nitrogens with one attached hydrogen (secondary N) is 1. The number of hydrogen-bond acceptors (Lipinski definition) is 3. The van der Waals surface area contributed by atoms with Crippen LogP contribution < -0.4 is 5.32 Å². The zero-order valence-electron chi connectivity index (χ0n) is 21.8. The number of phenols is 1. The first-order chi connectivity index (χ1) is 17.5. The van der Waals surface area contributed by atoms with E-state index in [1.807, 2.05) is 42.4 Å². The van der Waals surface area contributed by atoms with Crippen LogP contribution in [0, 0.1) is 0 Å². The Labute approximate surface area is 215 Å². The van der Waals surface area contributed by atoms with Crippen molar-refractivity contribution in [2.45, 2.75) is 71.3 Å². The van der Waals surface area contributed by atoms with Crippen LogP contribution >= 0.6 is 0 Å². The molecule has 36 heavy (non-hydrogen) atoms. The number of phenolic OH excluding ortho intramolecular Hbond substituents is 1. The van der Waals surface area contributed by atoms with Crippen molar-refractivity contribution in [1.29, 1.82) is 0 Å². The Morgan fingerprint density at radius 3 is 2.42 bits per heavy atom. The molecule has 1 heterocycles. The minimum absolute atomic E-state index is 0.108. The predicted octanol–water partition coefficient (Wildman–Crippen LogP) is 6.11. The maximum Gasteiger partial charge on any atom is 0.253 e. The van der Waals surface area contributed by atoms with Crippen LogP contribution in [0.25, 0.3) is 10.9 Å². The highest BCUT2D eigenvalue weighted by Gasteiger charge is 2.16. The number of rotatable bonds is 15. The summed E-state index contributed by atoms with van der Waals surface area (Å²) < 4.78 is 2.06. The predicted molar refractivity (Wildman–Crippen MR) is 146 cm³/mol. The summed E-state index contributed by atoms with van der Waals surface area (Å²) in [6, 6.07) is 15.3. The number of carbonyl (C=O) groups excluding carboxylic acids is 2. The zero-order valence-corrected chi connectivity index (χ0v) is 21.8. The molecule has 2 N–H and O–H groups in total. The van der Waals surface area contributed by atoms with Gasteiger partial charge in [0.2, 0.25) is 5.91 Å². The third-order valence-electron chi connectivity index (χ3n) is 6.68. The number of benzene rings is 2. The number of aromatic hydroxyl groups is 1. The van der Waals surface area contributed by atoms with Crippen molar-refractivity contribution in [1.82, 2.24) is 14.8 Å². The van der Waals surface area contributed by atoms with Crippen molar-refractivity contribution >= 4 is 22.7 Å². The van der Waals surface area contributed by atoms with E-state index in [4.69, 9.17) is 0 Å². The molecule has 0 spiro atoms. The first-order valence-corrected chi connectivity index (χ1v) is 13.4. The lowest BCUT2D eigenvalue weighted by Gasteiger charge is -2.16. The van der Waals surface area contributed by atoms with Crippen molar-refractivity contribution in [3.63, 3.8) is 0 Å². The fraction of sp³-hybridized carbons (Fsp3) is 0.467. The topological polar surface area (TPSA) is 74.6 Å². The lowest BCUT2D eigenvalue weighted by atomic mass is 10.1. The minimum atomic E-state index is -0.108.